The van der Waals surface area contributed by atoms with Crippen LogP contribution in [0.1, 0.15) is 45.2 Å². The Morgan fingerprint density at radius 2 is 1.68 bits per heavy atom. The topological polar surface area (TPSA) is 15.3 Å². The van der Waals surface area contributed by atoms with Crippen molar-refractivity contribution >= 4 is 0 Å². The van der Waals surface area contributed by atoms with Gasteiger partial charge in [0.25, 0.3) is 0 Å². The second-order valence-corrected chi connectivity index (χ2v) is 5.44. The van der Waals surface area contributed by atoms with Crippen LogP contribution < -0.4 is 5.32 Å². The first-order chi connectivity index (χ1) is 9.19. The van der Waals surface area contributed by atoms with Gasteiger partial charge in [-0.25, -0.2) is 0 Å². The molecule has 1 aromatic carbocycles. The van der Waals surface area contributed by atoms with Gasteiger partial charge in [0.05, 0.1) is 0 Å². The summed E-state index contributed by atoms with van der Waals surface area (Å²) >= 11 is 0. The van der Waals surface area contributed by atoms with Crippen LogP contribution in [-0.2, 0) is 13.1 Å². The van der Waals surface area contributed by atoms with Gasteiger partial charge in [0.1, 0.15) is 0 Å². The number of benzene rings is 1. The average molecular weight is 262 g/mol. The molecule has 0 aliphatic carbocycles. The van der Waals surface area contributed by atoms with Crippen LogP contribution in [0.4, 0.5) is 0 Å². The summed E-state index contributed by atoms with van der Waals surface area (Å²) in [6.07, 6.45) is 1.26. The molecule has 0 saturated carbocycles. The molecule has 2 heteroatoms. The van der Waals surface area contributed by atoms with Crippen LogP contribution in [0.5, 0.6) is 0 Å². The van der Waals surface area contributed by atoms with Crippen molar-refractivity contribution in [2.45, 2.75) is 47.2 Å². The fourth-order valence-electron chi connectivity index (χ4n) is 2.17. The Bertz CT molecular complexity index is 332. The van der Waals surface area contributed by atoms with Crippen molar-refractivity contribution in [3.8, 4) is 0 Å². The molecule has 0 aliphatic rings. The highest BCUT2D eigenvalue weighted by molar-refractivity contribution is 5.22. The van der Waals surface area contributed by atoms with Gasteiger partial charge < -0.3 is 5.32 Å². The van der Waals surface area contributed by atoms with Crippen LogP contribution in [0.2, 0.25) is 0 Å². The SMILES string of the molecule is CCNCc1ccc(CN(CC)CC(C)CC)cc1. The summed E-state index contributed by atoms with van der Waals surface area (Å²) in [6, 6.07) is 9.03. The Morgan fingerprint density at radius 1 is 1.05 bits per heavy atom. The molecule has 19 heavy (non-hydrogen) atoms. The third-order valence-corrected chi connectivity index (χ3v) is 3.72. The minimum atomic E-state index is 0.785. The van der Waals surface area contributed by atoms with Crippen LogP contribution in [0.3, 0.4) is 0 Å². The predicted molar refractivity (Wildman–Crippen MR) is 84.2 cm³/mol. The van der Waals surface area contributed by atoms with Gasteiger partial charge in [-0.05, 0) is 30.1 Å². The van der Waals surface area contributed by atoms with Crippen LogP contribution in [0, 0.1) is 5.92 Å². The zero-order valence-electron chi connectivity index (χ0n) is 13.1. The summed E-state index contributed by atoms with van der Waals surface area (Å²) in [6.45, 7) is 14.4. The highest BCUT2D eigenvalue weighted by Crippen LogP contribution is 2.10. The number of nitrogens with zero attached hydrogens (tertiary/aromatic N) is 1. The Labute approximate surface area is 119 Å². The monoisotopic (exact) mass is 262 g/mol. The summed E-state index contributed by atoms with van der Waals surface area (Å²) in [5.41, 5.74) is 2.79. The quantitative estimate of drug-likeness (QED) is 0.730. The number of rotatable bonds is 9. The van der Waals surface area contributed by atoms with Crippen molar-refractivity contribution in [3.63, 3.8) is 0 Å². The smallest absolute Gasteiger partial charge is 0.0233 e. The fourth-order valence-corrected chi connectivity index (χ4v) is 2.17. The minimum Gasteiger partial charge on any atom is -0.313 e. The molecule has 1 atom stereocenters. The fraction of sp³-hybridized carbons (Fsp3) is 0.647. The zero-order valence-corrected chi connectivity index (χ0v) is 13.1. The third-order valence-electron chi connectivity index (χ3n) is 3.72. The molecule has 0 fully saturated rings. The van der Waals surface area contributed by atoms with Gasteiger partial charge >= 0.3 is 0 Å². The van der Waals surface area contributed by atoms with Gasteiger partial charge in [0.15, 0.2) is 0 Å². The summed E-state index contributed by atoms with van der Waals surface area (Å²) in [7, 11) is 0. The van der Waals surface area contributed by atoms with Crippen LogP contribution >= 0.6 is 0 Å². The Hall–Kier alpha value is -0.860. The molecule has 1 rings (SSSR count). The molecule has 0 spiro atoms. The highest BCUT2D eigenvalue weighted by atomic mass is 15.1. The van der Waals surface area contributed by atoms with Crippen molar-refractivity contribution in [1.29, 1.82) is 0 Å². The van der Waals surface area contributed by atoms with Gasteiger partial charge in [-0.3, -0.25) is 4.90 Å². The van der Waals surface area contributed by atoms with E-state index in [1.807, 2.05) is 0 Å². The molecular weight excluding hydrogens is 232 g/mol. The summed E-state index contributed by atoms with van der Waals surface area (Å²) in [4.78, 5) is 2.54. The van der Waals surface area contributed by atoms with Crippen molar-refractivity contribution in [3.05, 3.63) is 35.4 Å². The van der Waals surface area contributed by atoms with Crippen LogP contribution in [0.15, 0.2) is 24.3 Å². The van der Waals surface area contributed by atoms with Crippen LogP contribution in [0.25, 0.3) is 0 Å². The molecule has 2 nitrogen and oxygen atoms in total. The van der Waals surface area contributed by atoms with E-state index in [1.54, 1.807) is 0 Å². The largest absolute Gasteiger partial charge is 0.313 e. The zero-order chi connectivity index (χ0) is 14.1. The summed E-state index contributed by atoms with van der Waals surface area (Å²) in [5.74, 6) is 0.785. The van der Waals surface area contributed by atoms with Gasteiger partial charge in [-0.15, -0.1) is 0 Å². The summed E-state index contributed by atoms with van der Waals surface area (Å²) in [5, 5.41) is 3.36. The molecule has 108 valence electrons. The minimum absolute atomic E-state index is 0.785. The molecule has 1 unspecified atom stereocenters. The Kier molecular flexibility index (Phi) is 7.76. The molecule has 0 aliphatic heterocycles. The van der Waals surface area contributed by atoms with E-state index in [-0.39, 0.29) is 0 Å². The second kappa shape index (κ2) is 9.11. The Balaban J connectivity index is 2.50. The maximum Gasteiger partial charge on any atom is 0.0233 e. The molecule has 0 bridgehead atoms. The number of hydrogen-bond donors (Lipinski definition) is 1. The lowest BCUT2D eigenvalue weighted by Gasteiger charge is -2.23. The molecular formula is C17H30N2. The maximum atomic E-state index is 3.36. The highest BCUT2D eigenvalue weighted by Gasteiger charge is 2.07. The number of hydrogen-bond acceptors (Lipinski definition) is 2. The van der Waals surface area contributed by atoms with Crippen molar-refractivity contribution in [2.75, 3.05) is 19.6 Å². The van der Waals surface area contributed by atoms with E-state index in [4.69, 9.17) is 0 Å². The van der Waals surface area contributed by atoms with Gasteiger partial charge in [0, 0.05) is 19.6 Å². The standard InChI is InChI=1S/C17H30N2/c1-5-15(4)13-19(7-3)14-17-10-8-16(9-11-17)12-18-6-2/h8-11,15,18H,5-7,12-14H2,1-4H3. The van der Waals surface area contributed by atoms with E-state index in [0.29, 0.717) is 0 Å². The lowest BCUT2D eigenvalue weighted by atomic mass is 10.1. The first-order valence-electron chi connectivity index (χ1n) is 7.70. The number of nitrogens with one attached hydrogen (secondary N) is 1. The molecule has 1 N–H and O–H groups in total. The van der Waals surface area contributed by atoms with Crippen molar-refractivity contribution in [2.24, 2.45) is 5.92 Å². The second-order valence-electron chi connectivity index (χ2n) is 5.44. The van der Waals surface area contributed by atoms with E-state index in [2.05, 4.69) is 62.2 Å². The molecule has 0 radical (unpaired) electrons. The van der Waals surface area contributed by atoms with Gasteiger partial charge in [0.2, 0.25) is 0 Å². The lowest BCUT2D eigenvalue weighted by Crippen LogP contribution is -2.27. The van der Waals surface area contributed by atoms with E-state index in [9.17, 15) is 0 Å². The first kappa shape index (κ1) is 16.2. The van der Waals surface area contributed by atoms with E-state index in [0.717, 1.165) is 32.1 Å². The van der Waals surface area contributed by atoms with Crippen molar-refractivity contribution < 1.29 is 0 Å². The average Bonchev–Trinajstić information content (AvgIpc) is 2.45. The molecule has 1 aromatic rings. The van der Waals surface area contributed by atoms with Gasteiger partial charge in [-0.2, -0.15) is 0 Å². The molecule has 0 amide bonds. The van der Waals surface area contributed by atoms with Crippen molar-refractivity contribution in [1.82, 2.24) is 10.2 Å². The normalized spacial score (nSPS) is 12.9. The van der Waals surface area contributed by atoms with Crippen LogP contribution in [-0.4, -0.2) is 24.5 Å². The van der Waals surface area contributed by atoms with E-state index < -0.39 is 0 Å². The van der Waals surface area contributed by atoms with E-state index >= 15 is 0 Å². The first-order valence-corrected chi connectivity index (χ1v) is 7.70. The molecule has 0 saturated heterocycles. The molecule has 0 heterocycles. The molecule has 0 aromatic heterocycles. The predicted octanol–water partition coefficient (Wildman–Crippen LogP) is 3.66. The van der Waals surface area contributed by atoms with E-state index in [1.165, 1.54) is 24.1 Å². The Morgan fingerprint density at radius 3 is 2.21 bits per heavy atom. The summed E-state index contributed by atoms with van der Waals surface area (Å²) < 4.78 is 0. The lowest BCUT2D eigenvalue weighted by molar-refractivity contribution is 0.238. The third kappa shape index (κ3) is 6.22. The van der Waals surface area contributed by atoms with Gasteiger partial charge in [-0.1, -0.05) is 58.4 Å². The maximum absolute atomic E-state index is 3.36.